The van der Waals surface area contributed by atoms with Crippen molar-refractivity contribution in [3.05, 3.63) is 114 Å². The lowest BCUT2D eigenvalue weighted by molar-refractivity contribution is 0.104. The number of methoxy groups -OCH3 is 2. The first-order valence-electron chi connectivity index (χ1n) is 12.9. The Hall–Kier alpha value is -5.43. The van der Waals surface area contributed by atoms with Gasteiger partial charge < -0.3 is 14.5 Å². The molecule has 0 amide bonds. The Morgan fingerprint density at radius 3 is 2.10 bits per heavy atom. The number of carbonyl (C=O) groups excluding carboxylic acids is 1. The monoisotopic (exact) mass is 524 g/mol. The van der Waals surface area contributed by atoms with E-state index in [9.17, 15) is 4.79 Å². The quantitative estimate of drug-likeness (QED) is 0.238. The molecule has 0 radical (unpaired) electrons. The van der Waals surface area contributed by atoms with E-state index in [0.717, 1.165) is 44.6 Å². The van der Waals surface area contributed by atoms with Crippen molar-refractivity contribution in [3.8, 4) is 34.1 Å². The maximum absolute atomic E-state index is 14.1. The van der Waals surface area contributed by atoms with Crippen molar-refractivity contribution in [2.75, 3.05) is 14.2 Å². The third kappa shape index (κ3) is 3.79. The first-order chi connectivity index (χ1) is 19.6. The number of H-pyrrole nitrogens is 1. The van der Waals surface area contributed by atoms with Crippen LogP contribution in [0, 0.1) is 0 Å². The summed E-state index contributed by atoms with van der Waals surface area (Å²) in [6, 6.07) is 32.7. The van der Waals surface area contributed by atoms with Crippen molar-refractivity contribution < 1.29 is 14.3 Å². The lowest BCUT2D eigenvalue weighted by atomic mass is 9.98. The van der Waals surface area contributed by atoms with E-state index in [4.69, 9.17) is 19.4 Å². The number of pyridine rings is 1. The van der Waals surface area contributed by atoms with Crippen molar-refractivity contribution in [1.29, 1.82) is 0 Å². The zero-order chi connectivity index (χ0) is 27.2. The summed E-state index contributed by atoms with van der Waals surface area (Å²) < 4.78 is 12.8. The Labute approximate surface area is 229 Å². The average molecular weight is 525 g/mol. The van der Waals surface area contributed by atoms with Gasteiger partial charge in [-0.05, 0) is 84.4 Å². The van der Waals surface area contributed by atoms with Crippen LogP contribution in [0.5, 0.6) is 11.5 Å². The van der Waals surface area contributed by atoms with E-state index in [1.807, 2.05) is 78.9 Å². The number of aromatic amines is 1. The van der Waals surface area contributed by atoms with Gasteiger partial charge in [-0.3, -0.25) is 9.20 Å². The lowest BCUT2D eigenvalue weighted by Gasteiger charge is -2.16. The number of para-hydroxylation sites is 4. The Morgan fingerprint density at radius 2 is 1.40 bits per heavy atom. The van der Waals surface area contributed by atoms with Gasteiger partial charge in [-0.1, -0.05) is 24.3 Å². The molecule has 0 aliphatic carbocycles. The van der Waals surface area contributed by atoms with Crippen LogP contribution < -0.4 is 9.47 Å². The van der Waals surface area contributed by atoms with Crippen molar-refractivity contribution in [3.63, 3.8) is 0 Å². The zero-order valence-corrected chi connectivity index (χ0v) is 21.9. The van der Waals surface area contributed by atoms with E-state index in [1.165, 1.54) is 0 Å². The lowest BCUT2D eigenvalue weighted by Crippen LogP contribution is -2.08. The summed E-state index contributed by atoms with van der Waals surface area (Å²) in [4.78, 5) is 27.4. The van der Waals surface area contributed by atoms with E-state index >= 15 is 0 Å². The van der Waals surface area contributed by atoms with E-state index in [-0.39, 0.29) is 5.78 Å². The van der Waals surface area contributed by atoms with Crippen LogP contribution in [0.15, 0.2) is 103 Å². The SMILES string of the molecule is COc1ccc(C(=O)c2cc(-c3nc4ccccc4[nH]3)c(-c3ccc(OC)cc3)n3c2nc2ccccc23)cc1. The van der Waals surface area contributed by atoms with E-state index in [1.54, 1.807) is 38.5 Å². The predicted molar refractivity (Wildman–Crippen MR) is 156 cm³/mol. The Morgan fingerprint density at radius 1 is 0.750 bits per heavy atom. The Kier molecular flexibility index (Phi) is 5.56. The largest absolute Gasteiger partial charge is 0.497 e. The minimum atomic E-state index is -0.137. The molecule has 7 rings (SSSR count). The molecule has 4 aromatic carbocycles. The first kappa shape index (κ1) is 23.7. The maximum Gasteiger partial charge on any atom is 0.196 e. The number of imidazole rings is 2. The van der Waals surface area contributed by atoms with Crippen LogP contribution in [0.25, 0.3) is 50.4 Å². The number of ketones is 1. The Bertz CT molecular complexity index is 2000. The molecule has 7 nitrogen and oxygen atoms in total. The predicted octanol–water partition coefficient (Wildman–Crippen LogP) is 6.95. The number of ether oxygens (including phenoxy) is 2. The third-order valence-corrected chi connectivity index (χ3v) is 7.17. The van der Waals surface area contributed by atoms with Crippen molar-refractivity contribution in [2.24, 2.45) is 0 Å². The van der Waals surface area contributed by atoms with Crippen LogP contribution in [-0.2, 0) is 0 Å². The second-order valence-electron chi connectivity index (χ2n) is 9.47. The highest BCUT2D eigenvalue weighted by Gasteiger charge is 2.24. The zero-order valence-electron chi connectivity index (χ0n) is 21.9. The summed E-state index contributed by atoms with van der Waals surface area (Å²) in [5.74, 6) is 1.97. The number of carbonyl (C=O) groups is 1. The smallest absolute Gasteiger partial charge is 0.196 e. The second-order valence-corrected chi connectivity index (χ2v) is 9.47. The van der Waals surface area contributed by atoms with Crippen molar-refractivity contribution in [2.45, 2.75) is 0 Å². The molecule has 0 saturated heterocycles. The summed E-state index contributed by atoms with van der Waals surface area (Å²) in [6.07, 6.45) is 0. The number of fused-ring (bicyclic) bond motifs is 4. The first-order valence-corrected chi connectivity index (χ1v) is 12.9. The van der Waals surface area contributed by atoms with E-state index < -0.39 is 0 Å². The second kappa shape index (κ2) is 9.39. The van der Waals surface area contributed by atoms with Gasteiger partial charge in [0.05, 0.1) is 47.5 Å². The highest BCUT2D eigenvalue weighted by Crippen LogP contribution is 2.38. The van der Waals surface area contributed by atoms with Gasteiger partial charge in [-0.2, -0.15) is 0 Å². The van der Waals surface area contributed by atoms with Gasteiger partial charge >= 0.3 is 0 Å². The fourth-order valence-electron chi connectivity index (χ4n) is 5.19. The van der Waals surface area contributed by atoms with Crippen molar-refractivity contribution in [1.82, 2.24) is 19.4 Å². The fraction of sp³-hybridized carbons (Fsp3) is 0.0606. The normalized spacial score (nSPS) is 11.3. The molecule has 3 aromatic heterocycles. The fourth-order valence-corrected chi connectivity index (χ4v) is 5.19. The van der Waals surface area contributed by atoms with Crippen LogP contribution in [-0.4, -0.2) is 39.4 Å². The highest BCUT2D eigenvalue weighted by molar-refractivity contribution is 6.14. The van der Waals surface area contributed by atoms with Crippen LogP contribution in [0.3, 0.4) is 0 Å². The van der Waals surface area contributed by atoms with Gasteiger partial charge in [-0.25, -0.2) is 9.97 Å². The standard InChI is InChI=1S/C33H24N4O3/c1-39-22-15-11-20(12-16-22)30-24(32-34-26-7-3-4-8-27(26)35-32)19-25(31(38)21-13-17-23(40-2)18-14-21)33-36-28-9-5-6-10-29(28)37(30)33/h3-19H,1-2H3,(H,34,35). The van der Waals surface area contributed by atoms with Crippen LogP contribution in [0.1, 0.15) is 15.9 Å². The topological polar surface area (TPSA) is 81.5 Å². The highest BCUT2D eigenvalue weighted by atomic mass is 16.5. The summed E-state index contributed by atoms with van der Waals surface area (Å²) in [7, 11) is 3.25. The minimum Gasteiger partial charge on any atom is -0.497 e. The summed E-state index contributed by atoms with van der Waals surface area (Å²) in [6.45, 7) is 0. The van der Waals surface area contributed by atoms with Gasteiger partial charge in [0.1, 0.15) is 23.0 Å². The molecule has 3 heterocycles. The molecule has 7 heteroatoms. The van der Waals surface area contributed by atoms with Gasteiger partial charge in [0.15, 0.2) is 5.78 Å². The number of benzene rings is 4. The summed E-state index contributed by atoms with van der Waals surface area (Å²) in [5, 5.41) is 0. The molecular formula is C33H24N4O3. The Balaban J connectivity index is 1.59. The molecule has 40 heavy (non-hydrogen) atoms. The molecule has 194 valence electrons. The van der Waals surface area contributed by atoms with Crippen LogP contribution in [0.4, 0.5) is 0 Å². The third-order valence-electron chi connectivity index (χ3n) is 7.17. The molecule has 0 aliphatic heterocycles. The van der Waals surface area contributed by atoms with E-state index in [2.05, 4.69) is 9.38 Å². The number of hydrogen-bond donors (Lipinski definition) is 1. The number of aromatic nitrogens is 4. The van der Waals surface area contributed by atoms with Gasteiger partial charge in [0.25, 0.3) is 0 Å². The molecule has 0 unspecified atom stereocenters. The molecule has 0 saturated carbocycles. The number of hydrogen-bond acceptors (Lipinski definition) is 5. The van der Waals surface area contributed by atoms with Gasteiger partial charge in [0.2, 0.25) is 0 Å². The molecular weight excluding hydrogens is 500 g/mol. The molecule has 0 atom stereocenters. The van der Waals surface area contributed by atoms with E-state index in [0.29, 0.717) is 28.3 Å². The molecule has 0 bridgehead atoms. The molecule has 7 aromatic rings. The van der Waals surface area contributed by atoms with Crippen LogP contribution in [0.2, 0.25) is 0 Å². The molecule has 0 fully saturated rings. The number of nitrogens with zero attached hydrogens (tertiary/aromatic N) is 3. The van der Waals surface area contributed by atoms with Crippen LogP contribution >= 0.6 is 0 Å². The minimum absolute atomic E-state index is 0.137. The number of nitrogens with one attached hydrogen (secondary N) is 1. The number of rotatable bonds is 6. The molecule has 0 aliphatic rings. The molecule has 1 N–H and O–H groups in total. The van der Waals surface area contributed by atoms with Gasteiger partial charge in [-0.15, -0.1) is 0 Å². The average Bonchev–Trinajstić information content (AvgIpc) is 3.62. The summed E-state index contributed by atoms with van der Waals surface area (Å²) in [5.41, 5.74) is 7.64. The summed E-state index contributed by atoms with van der Waals surface area (Å²) >= 11 is 0. The van der Waals surface area contributed by atoms with Crippen molar-refractivity contribution >= 4 is 33.5 Å². The molecule has 0 spiro atoms. The van der Waals surface area contributed by atoms with Gasteiger partial charge in [0, 0.05) is 11.1 Å². The maximum atomic E-state index is 14.1.